The van der Waals surface area contributed by atoms with E-state index in [0.29, 0.717) is 6.04 Å². The molecule has 0 unspecified atom stereocenters. The molecule has 0 saturated heterocycles. The van der Waals surface area contributed by atoms with Crippen molar-refractivity contribution >= 4 is 0 Å². The van der Waals surface area contributed by atoms with Crippen LogP contribution < -0.4 is 5.32 Å². The average molecular weight is 223 g/mol. The van der Waals surface area contributed by atoms with E-state index in [4.69, 9.17) is 0 Å². The Morgan fingerprint density at radius 1 is 1.44 bits per heavy atom. The summed E-state index contributed by atoms with van der Waals surface area (Å²) in [5, 5.41) is 8.08. The van der Waals surface area contributed by atoms with Crippen molar-refractivity contribution in [2.45, 2.75) is 65.6 Å². The van der Waals surface area contributed by atoms with Gasteiger partial charge in [-0.1, -0.05) is 13.3 Å². The van der Waals surface area contributed by atoms with E-state index < -0.39 is 0 Å². The van der Waals surface area contributed by atoms with Gasteiger partial charge in [0, 0.05) is 24.3 Å². The van der Waals surface area contributed by atoms with Crippen LogP contribution in [0.5, 0.6) is 0 Å². The number of nitrogens with one attached hydrogen (secondary N) is 1. The fourth-order valence-corrected chi connectivity index (χ4v) is 1.80. The van der Waals surface area contributed by atoms with E-state index in [1.54, 1.807) is 0 Å². The Balaban J connectivity index is 2.48. The second-order valence-electron chi connectivity index (χ2n) is 5.37. The molecule has 0 aliphatic carbocycles. The zero-order valence-electron chi connectivity index (χ0n) is 11.2. The highest BCUT2D eigenvalue weighted by atomic mass is 15.3. The second kappa shape index (κ2) is 5.48. The van der Waals surface area contributed by atoms with Gasteiger partial charge in [0.2, 0.25) is 0 Å². The van der Waals surface area contributed by atoms with Crippen LogP contribution in [-0.4, -0.2) is 15.3 Å². The van der Waals surface area contributed by atoms with E-state index in [9.17, 15) is 0 Å². The Hall–Kier alpha value is -0.830. The predicted octanol–water partition coefficient (Wildman–Crippen LogP) is 3.13. The van der Waals surface area contributed by atoms with Crippen molar-refractivity contribution in [1.29, 1.82) is 0 Å². The molecule has 0 spiro atoms. The number of hydrogen-bond acceptors (Lipinski definition) is 2. The van der Waals surface area contributed by atoms with Crippen LogP contribution in [0.2, 0.25) is 0 Å². The minimum absolute atomic E-state index is 0.205. The van der Waals surface area contributed by atoms with Crippen LogP contribution in [0.3, 0.4) is 0 Å². The zero-order chi connectivity index (χ0) is 12.2. The highest BCUT2D eigenvalue weighted by Crippen LogP contribution is 2.12. The summed E-state index contributed by atoms with van der Waals surface area (Å²) < 4.78 is 2.00. The molecule has 16 heavy (non-hydrogen) atoms. The largest absolute Gasteiger partial charge is 0.306 e. The number of hydrogen-bond donors (Lipinski definition) is 1. The van der Waals surface area contributed by atoms with Crippen LogP contribution in [0.15, 0.2) is 12.3 Å². The summed E-state index contributed by atoms with van der Waals surface area (Å²) >= 11 is 0. The molecule has 0 aromatic carbocycles. The van der Waals surface area contributed by atoms with Gasteiger partial charge in [-0.2, -0.15) is 5.10 Å². The normalized spacial score (nSPS) is 12.4. The monoisotopic (exact) mass is 223 g/mol. The van der Waals surface area contributed by atoms with E-state index in [0.717, 1.165) is 12.2 Å². The maximum atomic E-state index is 4.53. The van der Waals surface area contributed by atoms with Crippen molar-refractivity contribution in [3.63, 3.8) is 0 Å². The third kappa shape index (κ3) is 3.97. The SMILES string of the molecule is CCCC(C)(C)NCc1ccn(C(C)C)n1. The van der Waals surface area contributed by atoms with Gasteiger partial charge in [0.25, 0.3) is 0 Å². The first-order valence-electron chi connectivity index (χ1n) is 6.23. The van der Waals surface area contributed by atoms with Crippen LogP contribution in [0.25, 0.3) is 0 Å². The quantitative estimate of drug-likeness (QED) is 0.803. The molecule has 3 nitrogen and oxygen atoms in total. The highest BCUT2D eigenvalue weighted by Gasteiger charge is 2.15. The summed E-state index contributed by atoms with van der Waals surface area (Å²) in [7, 11) is 0. The van der Waals surface area contributed by atoms with Gasteiger partial charge in [0.15, 0.2) is 0 Å². The molecule has 1 aromatic heterocycles. The third-order valence-electron chi connectivity index (χ3n) is 2.82. The standard InChI is InChI=1S/C13H25N3/c1-6-8-13(4,5)14-10-12-7-9-16(15-12)11(2)3/h7,9,11,14H,6,8,10H2,1-5H3. The molecular weight excluding hydrogens is 198 g/mol. The molecule has 3 heteroatoms. The molecule has 92 valence electrons. The molecule has 0 aliphatic heterocycles. The first-order chi connectivity index (χ1) is 7.44. The van der Waals surface area contributed by atoms with Gasteiger partial charge in [0.05, 0.1) is 5.69 Å². The Labute approximate surface area is 99.2 Å². The highest BCUT2D eigenvalue weighted by molar-refractivity contribution is 5.00. The maximum Gasteiger partial charge on any atom is 0.0762 e. The smallest absolute Gasteiger partial charge is 0.0762 e. The Morgan fingerprint density at radius 2 is 2.12 bits per heavy atom. The van der Waals surface area contributed by atoms with E-state index in [1.165, 1.54) is 12.8 Å². The Bertz CT molecular complexity index is 313. The minimum atomic E-state index is 0.205. The van der Waals surface area contributed by atoms with Crippen molar-refractivity contribution in [3.05, 3.63) is 18.0 Å². The Morgan fingerprint density at radius 3 is 2.62 bits per heavy atom. The molecule has 0 bridgehead atoms. The van der Waals surface area contributed by atoms with Crippen LogP contribution in [0, 0.1) is 0 Å². The van der Waals surface area contributed by atoms with Crippen LogP contribution in [0.1, 0.15) is 59.2 Å². The molecule has 0 amide bonds. The van der Waals surface area contributed by atoms with E-state index in [1.807, 2.05) is 4.68 Å². The fraction of sp³-hybridized carbons (Fsp3) is 0.769. The predicted molar refractivity (Wildman–Crippen MR) is 68.4 cm³/mol. The number of aromatic nitrogens is 2. The summed E-state index contributed by atoms with van der Waals surface area (Å²) in [6, 6.07) is 2.53. The van der Waals surface area contributed by atoms with Crippen LogP contribution in [0.4, 0.5) is 0 Å². The molecule has 1 heterocycles. The zero-order valence-corrected chi connectivity index (χ0v) is 11.2. The third-order valence-corrected chi connectivity index (χ3v) is 2.82. The van der Waals surface area contributed by atoms with Gasteiger partial charge in [-0.15, -0.1) is 0 Å². The summed E-state index contributed by atoms with van der Waals surface area (Å²) in [4.78, 5) is 0. The summed E-state index contributed by atoms with van der Waals surface area (Å²) in [5.41, 5.74) is 1.33. The van der Waals surface area contributed by atoms with E-state index in [-0.39, 0.29) is 5.54 Å². The molecule has 1 rings (SSSR count). The average Bonchev–Trinajstić information content (AvgIpc) is 2.63. The van der Waals surface area contributed by atoms with Gasteiger partial charge in [-0.05, 0) is 40.2 Å². The fourth-order valence-electron chi connectivity index (χ4n) is 1.80. The first kappa shape index (κ1) is 13.2. The molecular formula is C13H25N3. The number of nitrogens with zero attached hydrogens (tertiary/aromatic N) is 2. The molecule has 0 aliphatic rings. The van der Waals surface area contributed by atoms with Crippen molar-refractivity contribution < 1.29 is 0 Å². The summed E-state index contributed by atoms with van der Waals surface area (Å²) in [6.07, 6.45) is 4.45. The van der Waals surface area contributed by atoms with Gasteiger partial charge in [-0.25, -0.2) is 0 Å². The lowest BCUT2D eigenvalue weighted by Gasteiger charge is -2.25. The lowest BCUT2D eigenvalue weighted by molar-refractivity contribution is 0.353. The molecule has 1 aromatic rings. The minimum Gasteiger partial charge on any atom is -0.306 e. The van der Waals surface area contributed by atoms with Gasteiger partial charge in [0.1, 0.15) is 0 Å². The lowest BCUT2D eigenvalue weighted by Crippen LogP contribution is -2.38. The molecule has 0 fully saturated rings. The second-order valence-corrected chi connectivity index (χ2v) is 5.37. The van der Waals surface area contributed by atoms with Gasteiger partial charge < -0.3 is 5.32 Å². The van der Waals surface area contributed by atoms with Crippen LogP contribution >= 0.6 is 0 Å². The van der Waals surface area contributed by atoms with Crippen LogP contribution in [-0.2, 0) is 6.54 Å². The van der Waals surface area contributed by atoms with Crippen molar-refractivity contribution in [2.75, 3.05) is 0 Å². The lowest BCUT2D eigenvalue weighted by atomic mass is 9.99. The topological polar surface area (TPSA) is 29.9 Å². The molecule has 0 saturated carbocycles. The van der Waals surface area contributed by atoms with Gasteiger partial charge in [-0.3, -0.25) is 4.68 Å². The first-order valence-corrected chi connectivity index (χ1v) is 6.23. The number of rotatable bonds is 6. The van der Waals surface area contributed by atoms with E-state index >= 15 is 0 Å². The van der Waals surface area contributed by atoms with Crippen molar-refractivity contribution in [3.8, 4) is 0 Å². The summed E-state index contributed by atoms with van der Waals surface area (Å²) in [6.45, 7) is 11.9. The Kier molecular flexibility index (Phi) is 4.54. The molecule has 0 atom stereocenters. The summed E-state index contributed by atoms with van der Waals surface area (Å²) in [5.74, 6) is 0. The van der Waals surface area contributed by atoms with Crippen molar-refractivity contribution in [2.24, 2.45) is 0 Å². The maximum absolute atomic E-state index is 4.53. The van der Waals surface area contributed by atoms with Gasteiger partial charge >= 0.3 is 0 Å². The molecule has 1 N–H and O–H groups in total. The molecule has 0 radical (unpaired) electrons. The van der Waals surface area contributed by atoms with Crippen molar-refractivity contribution in [1.82, 2.24) is 15.1 Å². The van der Waals surface area contributed by atoms with E-state index in [2.05, 4.69) is 57.3 Å².